The molecule has 0 atom stereocenters. The Hall–Kier alpha value is -2.12. The lowest BCUT2D eigenvalue weighted by atomic mass is 10.1. The second-order valence-electron chi connectivity index (χ2n) is 8.69. The van der Waals surface area contributed by atoms with Crippen LogP contribution in [0.25, 0.3) is 0 Å². The third-order valence-corrected chi connectivity index (χ3v) is 6.81. The number of hydrogen-bond donors (Lipinski definition) is 1. The summed E-state index contributed by atoms with van der Waals surface area (Å²) in [6.45, 7) is 9.62. The van der Waals surface area contributed by atoms with E-state index in [-0.39, 0.29) is 5.91 Å². The fraction of sp³-hybridized carbons (Fsp3) is 0.542. The van der Waals surface area contributed by atoms with Crippen LogP contribution in [0, 0.1) is 19.8 Å². The van der Waals surface area contributed by atoms with Crippen LogP contribution in [-0.4, -0.2) is 59.8 Å². The van der Waals surface area contributed by atoms with Gasteiger partial charge >= 0.3 is 0 Å². The fourth-order valence-corrected chi connectivity index (χ4v) is 4.71. The van der Waals surface area contributed by atoms with Gasteiger partial charge in [0.25, 0.3) is 0 Å². The molecule has 166 valence electrons. The molecule has 31 heavy (non-hydrogen) atoms. The second kappa shape index (κ2) is 10.0. The molecule has 7 heteroatoms. The van der Waals surface area contributed by atoms with Gasteiger partial charge in [-0.05, 0) is 69.0 Å². The maximum absolute atomic E-state index is 12.6. The van der Waals surface area contributed by atoms with Gasteiger partial charge in [-0.3, -0.25) is 9.69 Å². The van der Waals surface area contributed by atoms with Crippen molar-refractivity contribution in [1.29, 1.82) is 0 Å². The summed E-state index contributed by atoms with van der Waals surface area (Å²) in [5, 5.41) is 3.86. The van der Waals surface area contributed by atoms with E-state index in [1.54, 1.807) is 11.8 Å². The van der Waals surface area contributed by atoms with Crippen LogP contribution in [-0.2, 0) is 11.2 Å². The molecule has 1 aliphatic heterocycles. The Morgan fingerprint density at radius 3 is 2.48 bits per heavy atom. The number of nitrogens with zero attached hydrogens (tertiary/aromatic N) is 4. The molecule has 2 fully saturated rings. The predicted octanol–water partition coefficient (Wildman–Crippen LogP) is 3.92. The van der Waals surface area contributed by atoms with E-state index in [1.165, 1.54) is 25.1 Å². The SMILES string of the molecule is CSc1nc(C)c(CCC(=O)Nc2cccc(N3CCN(CC4CC4)CC3)c2)c(C)n1. The van der Waals surface area contributed by atoms with Crippen LogP contribution in [0.15, 0.2) is 29.4 Å². The minimum Gasteiger partial charge on any atom is -0.369 e. The van der Waals surface area contributed by atoms with E-state index in [9.17, 15) is 4.79 Å². The monoisotopic (exact) mass is 439 g/mol. The molecule has 1 saturated carbocycles. The molecular weight excluding hydrogens is 406 g/mol. The maximum atomic E-state index is 12.6. The number of hydrogen-bond acceptors (Lipinski definition) is 6. The highest BCUT2D eigenvalue weighted by Crippen LogP contribution is 2.30. The standard InChI is InChI=1S/C24H33N5OS/c1-17-22(18(2)26-24(25-17)31-3)9-10-23(30)27-20-5-4-6-21(15-20)29-13-11-28(12-14-29)16-19-7-8-19/h4-6,15,19H,7-14,16H2,1-3H3,(H,27,30). The van der Waals surface area contributed by atoms with E-state index >= 15 is 0 Å². The molecule has 2 heterocycles. The van der Waals surface area contributed by atoms with Crippen molar-refractivity contribution in [2.45, 2.75) is 44.7 Å². The Morgan fingerprint density at radius 2 is 1.84 bits per heavy atom. The van der Waals surface area contributed by atoms with Crippen LogP contribution in [0.3, 0.4) is 0 Å². The summed E-state index contributed by atoms with van der Waals surface area (Å²) in [5.74, 6) is 0.979. The molecule has 0 spiro atoms. The Morgan fingerprint density at radius 1 is 1.13 bits per heavy atom. The zero-order chi connectivity index (χ0) is 21.8. The van der Waals surface area contributed by atoms with E-state index in [2.05, 4.69) is 37.2 Å². The summed E-state index contributed by atoms with van der Waals surface area (Å²) < 4.78 is 0. The van der Waals surface area contributed by atoms with Crippen molar-refractivity contribution in [3.8, 4) is 0 Å². The summed E-state index contributed by atoms with van der Waals surface area (Å²) in [5.41, 5.74) is 5.06. The van der Waals surface area contributed by atoms with Crippen LogP contribution in [0.2, 0.25) is 0 Å². The number of aromatic nitrogens is 2. The van der Waals surface area contributed by atoms with Crippen molar-refractivity contribution in [1.82, 2.24) is 14.9 Å². The van der Waals surface area contributed by atoms with Gasteiger partial charge < -0.3 is 10.2 Å². The van der Waals surface area contributed by atoms with Gasteiger partial charge in [-0.1, -0.05) is 17.8 Å². The van der Waals surface area contributed by atoms with Crippen LogP contribution in [0.4, 0.5) is 11.4 Å². The number of rotatable bonds is 8. The predicted molar refractivity (Wildman–Crippen MR) is 128 cm³/mol. The minimum atomic E-state index is 0.0270. The van der Waals surface area contributed by atoms with Gasteiger partial charge in [0, 0.05) is 61.9 Å². The largest absolute Gasteiger partial charge is 0.369 e. The third-order valence-electron chi connectivity index (χ3n) is 6.27. The van der Waals surface area contributed by atoms with E-state index in [0.29, 0.717) is 12.8 Å². The molecule has 0 bridgehead atoms. The zero-order valence-electron chi connectivity index (χ0n) is 18.9. The summed E-state index contributed by atoms with van der Waals surface area (Å²) in [4.78, 5) is 26.6. The molecule has 2 aliphatic rings. The van der Waals surface area contributed by atoms with Crippen molar-refractivity contribution >= 4 is 29.0 Å². The number of amides is 1. The number of carbonyl (C=O) groups excluding carboxylic acids is 1. The molecule has 1 aromatic carbocycles. The average molecular weight is 440 g/mol. The van der Waals surface area contributed by atoms with E-state index < -0.39 is 0 Å². The van der Waals surface area contributed by atoms with Gasteiger partial charge in [0.05, 0.1) is 0 Å². The topological polar surface area (TPSA) is 61.4 Å². The number of thioether (sulfide) groups is 1. The third kappa shape index (κ3) is 5.98. The van der Waals surface area contributed by atoms with Crippen molar-refractivity contribution in [3.05, 3.63) is 41.2 Å². The number of benzene rings is 1. The van der Waals surface area contributed by atoms with Crippen molar-refractivity contribution in [2.24, 2.45) is 5.92 Å². The van der Waals surface area contributed by atoms with Gasteiger partial charge in [0.2, 0.25) is 5.91 Å². The number of anilines is 2. The minimum absolute atomic E-state index is 0.0270. The molecule has 2 aromatic rings. The first-order chi connectivity index (χ1) is 15.0. The first kappa shape index (κ1) is 22.1. The molecule has 1 amide bonds. The highest BCUT2D eigenvalue weighted by molar-refractivity contribution is 7.98. The second-order valence-corrected chi connectivity index (χ2v) is 9.46. The van der Waals surface area contributed by atoms with Crippen LogP contribution in [0.1, 0.15) is 36.2 Å². The van der Waals surface area contributed by atoms with E-state index in [4.69, 9.17) is 0 Å². The van der Waals surface area contributed by atoms with Gasteiger partial charge in [0.15, 0.2) is 5.16 Å². The van der Waals surface area contributed by atoms with Crippen LogP contribution >= 0.6 is 11.8 Å². The molecule has 0 unspecified atom stereocenters. The van der Waals surface area contributed by atoms with Crippen LogP contribution in [0.5, 0.6) is 0 Å². The van der Waals surface area contributed by atoms with Gasteiger partial charge in [-0.2, -0.15) is 0 Å². The Kier molecular flexibility index (Phi) is 7.13. The highest BCUT2D eigenvalue weighted by atomic mass is 32.2. The van der Waals surface area contributed by atoms with E-state index in [1.807, 2.05) is 32.2 Å². The molecule has 1 saturated heterocycles. The number of aryl methyl sites for hydroxylation is 2. The number of nitrogens with one attached hydrogen (secondary N) is 1. The lowest BCUT2D eigenvalue weighted by Gasteiger charge is -2.36. The molecule has 1 N–H and O–H groups in total. The summed E-state index contributed by atoms with van der Waals surface area (Å²) in [6.07, 6.45) is 5.88. The quantitative estimate of drug-likeness (QED) is 0.497. The van der Waals surface area contributed by atoms with Crippen molar-refractivity contribution < 1.29 is 4.79 Å². The summed E-state index contributed by atoms with van der Waals surface area (Å²) in [7, 11) is 0. The lowest BCUT2D eigenvalue weighted by Crippen LogP contribution is -2.47. The molecule has 1 aromatic heterocycles. The Bertz CT molecular complexity index is 899. The summed E-state index contributed by atoms with van der Waals surface area (Å²) in [6, 6.07) is 8.24. The smallest absolute Gasteiger partial charge is 0.224 e. The van der Waals surface area contributed by atoms with Crippen molar-refractivity contribution in [3.63, 3.8) is 0 Å². The summed E-state index contributed by atoms with van der Waals surface area (Å²) >= 11 is 1.54. The lowest BCUT2D eigenvalue weighted by molar-refractivity contribution is -0.116. The van der Waals surface area contributed by atoms with Gasteiger partial charge in [-0.15, -0.1) is 0 Å². The molecule has 0 radical (unpaired) electrons. The van der Waals surface area contributed by atoms with Crippen LogP contribution < -0.4 is 10.2 Å². The highest BCUT2D eigenvalue weighted by Gasteiger charge is 2.26. The average Bonchev–Trinajstić information content (AvgIpc) is 3.57. The fourth-order valence-electron chi connectivity index (χ4n) is 4.26. The molecule has 6 nitrogen and oxygen atoms in total. The molecule has 1 aliphatic carbocycles. The number of piperazine rings is 1. The first-order valence-electron chi connectivity index (χ1n) is 11.3. The van der Waals surface area contributed by atoms with Gasteiger partial charge in [-0.25, -0.2) is 9.97 Å². The normalized spacial score (nSPS) is 17.1. The van der Waals surface area contributed by atoms with Crippen molar-refractivity contribution in [2.75, 3.05) is 49.2 Å². The zero-order valence-corrected chi connectivity index (χ0v) is 19.7. The first-order valence-corrected chi connectivity index (χ1v) is 12.5. The molecule has 4 rings (SSSR count). The Balaban J connectivity index is 1.30. The van der Waals surface area contributed by atoms with E-state index in [0.717, 1.165) is 59.9 Å². The Labute approximate surface area is 189 Å². The number of carbonyl (C=O) groups is 1. The molecular formula is C24H33N5OS. The van der Waals surface area contributed by atoms with Gasteiger partial charge in [0.1, 0.15) is 0 Å². The maximum Gasteiger partial charge on any atom is 0.224 e.